The minimum atomic E-state index is -0.326. The van der Waals surface area contributed by atoms with E-state index in [1.165, 1.54) is 7.11 Å². The first-order chi connectivity index (χ1) is 9.99. The van der Waals surface area contributed by atoms with Crippen molar-refractivity contribution in [3.05, 3.63) is 28.2 Å². The molecule has 0 bridgehead atoms. The molecular weight excluding hydrogens is 334 g/mol. The van der Waals surface area contributed by atoms with E-state index in [0.717, 1.165) is 22.2 Å². The van der Waals surface area contributed by atoms with Crippen LogP contribution in [0.15, 0.2) is 22.7 Å². The lowest BCUT2D eigenvalue weighted by Crippen LogP contribution is -2.41. The van der Waals surface area contributed by atoms with Gasteiger partial charge in [0.15, 0.2) is 0 Å². The Labute approximate surface area is 135 Å². The van der Waals surface area contributed by atoms with Gasteiger partial charge in [-0.1, -0.05) is 36.7 Å². The Hall–Kier alpha value is -1.07. The SMILES string of the molecule is CCCOc1ccc(Br)cc1CNC(C(=O)OC)C(C)C. The fraction of sp³-hybridized carbons (Fsp3) is 0.562. The predicted molar refractivity (Wildman–Crippen MR) is 87.4 cm³/mol. The van der Waals surface area contributed by atoms with Gasteiger partial charge < -0.3 is 9.47 Å². The standard InChI is InChI=1S/C16H24BrNO3/c1-5-8-21-14-7-6-13(17)9-12(14)10-18-15(11(2)3)16(19)20-4/h6-7,9,11,15,18H,5,8,10H2,1-4H3. The van der Waals surface area contributed by atoms with Crippen LogP contribution in [0.4, 0.5) is 0 Å². The molecule has 4 nitrogen and oxygen atoms in total. The van der Waals surface area contributed by atoms with Crippen molar-refractivity contribution in [3.63, 3.8) is 0 Å². The molecule has 0 amide bonds. The zero-order valence-electron chi connectivity index (χ0n) is 13.1. The summed E-state index contributed by atoms with van der Waals surface area (Å²) in [7, 11) is 1.41. The minimum Gasteiger partial charge on any atom is -0.493 e. The summed E-state index contributed by atoms with van der Waals surface area (Å²) < 4.78 is 11.6. The first kappa shape index (κ1) is 18.0. The van der Waals surface area contributed by atoms with Crippen molar-refractivity contribution in [1.29, 1.82) is 0 Å². The molecule has 1 atom stereocenters. The molecule has 21 heavy (non-hydrogen) atoms. The van der Waals surface area contributed by atoms with Crippen LogP contribution in [0.2, 0.25) is 0 Å². The molecule has 0 aromatic heterocycles. The van der Waals surface area contributed by atoms with E-state index in [-0.39, 0.29) is 17.9 Å². The maximum atomic E-state index is 11.8. The maximum absolute atomic E-state index is 11.8. The zero-order valence-corrected chi connectivity index (χ0v) is 14.7. The van der Waals surface area contributed by atoms with E-state index in [1.807, 2.05) is 32.0 Å². The van der Waals surface area contributed by atoms with Gasteiger partial charge >= 0.3 is 5.97 Å². The maximum Gasteiger partial charge on any atom is 0.323 e. The van der Waals surface area contributed by atoms with Crippen LogP contribution >= 0.6 is 15.9 Å². The second-order valence-corrected chi connectivity index (χ2v) is 6.14. The van der Waals surface area contributed by atoms with E-state index in [2.05, 4.69) is 28.2 Å². The number of nitrogens with one attached hydrogen (secondary N) is 1. The number of hydrogen-bond donors (Lipinski definition) is 1. The smallest absolute Gasteiger partial charge is 0.323 e. The van der Waals surface area contributed by atoms with Crippen LogP contribution in [0.3, 0.4) is 0 Å². The van der Waals surface area contributed by atoms with Crippen LogP contribution in [-0.4, -0.2) is 25.7 Å². The van der Waals surface area contributed by atoms with Crippen molar-refractivity contribution in [2.45, 2.75) is 39.8 Å². The Morgan fingerprint density at radius 3 is 2.67 bits per heavy atom. The molecule has 1 aromatic rings. The summed E-state index contributed by atoms with van der Waals surface area (Å²) in [6.45, 7) is 7.28. The van der Waals surface area contributed by atoms with Gasteiger partial charge in [-0.15, -0.1) is 0 Å². The van der Waals surface area contributed by atoms with Crippen LogP contribution in [0.1, 0.15) is 32.8 Å². The lowest BCUT2D eigenvalue weighted by molar-refractivity contribution is -0.144. The van der Waals surface area contributed by atoms with Gasteiger partial charge in [-0.2, -0.15) is 0 Å². The molecule has 5 heteroatoms. The number of hydrogen-bond acceptors (Lipinski definition) is 4. The van der Waals surface area contributed by atoms with Gasteiger partial charge in [0.25, 0.3) is 0 Å². The lowest BCUT2D eigenvalue weighted by atomic mass is 10.0. The summed E-state index contributed by atoms with van der Waals surface area (Å²) in [4.78, 5) is 11.8. The quantitative estimate of drug-likeness (QED) is 0.723. The highest BCUT2D eigenvalue weighted by Gasteiger charge is 2.22. The van der Waals surface area contributed by atoms with E-state index >= 15 is 0 Å². The second kappa shape index (κ2) is 9.05. The van der Waals surface area contributed by atoms with Crippen molar-refractivity contribution >= 4 is 21.9 Å². The summed E-state index contributed by atoms with van der Waals surface area (Å²) in [5, 5.41) is 3.25. The molecule has 1 unspecified atom stereocenters. The number of benzene rings is 1. The molecule has 1 aromatic carbocycles. The van der Waals surface area contributed by atoms with Crippen molar-refractivity contribution in [3.8, 4) is 5.75 Å². The minimum absolute atomic E-state index is 0.157. The molecule has 0 aliphatic carbocycles. The summed E-state index contributed by atoms with van der Waals surface area (Å²) in [6.07, 6.45) is 0.958. The molecule has 1 rings (SSSR count). The third kappa shape index (κ3) is 5.67. The fourth-order valence-corrected chi connectivity index (χ4v) is 2.39. The van der Waals surface area contributed by atoms with Gasteiger partial charge in [0.05, 0.1) is 13.7 Å². The van der Waals surface area contributed by atoms with Crippen molar-refractivity contribution < 1.29 is 14.3 Å². The Morgan fingerprint density at radius 1 is 1.38 bits per heavy atom. The molecule has 0 aliphatic rings. The highest BCUT2D eigenvalue weighted by molar-refractivity contribution is 9.10. The number of ether oxygens (including phenoxy) is 2. The lowest BCUT2D eigenvalue weighted by Gasteiger charge is -2.21. The number of esters is 1. The summed E-state index contributed by atoms with van der Waals surface area (Å²) in [5.74, 6) is 0.764. The van der Waals surface area contributed by atoms with E-state index in [9.17, 15) is 4.79 Å². The van der Waals surface area contributed by atoms with Crippen molar-refractivity contribution in [1.82, 2.24) is 5.32 Å². The molecule has 1 N–H and O–H groups in total. The third-order valence-electron chi connectivity index (χ3n) is 3.12. The largest absolute Gasteiger partial charge is 0.493 e. The Balaban J connectivity index is 2.80. The molecule has 0 radical (unpaired) electrons. The molecule has 0 aliphatic heterocycles. The third-order valence-corrected chi connectivity index (χ3v) is 3.61. The van der Waals surface area contributed by atoms with Gasteiger partial charge in [-0.25, -0.2) is 0 Å². The zero-order chi connectivity index (χ0) is 15.8. The van der Waals surface area contributed by atoms with Crippen LogP contribution < -0.4 is 10.1 Å². The van der Waals surface area contributed by atoms with Gasteiger partial charge in [0.1, 0.15) is 11.8 Å². The Kier molecular flexibility index (Phi) is 7.75. The van der Waals surface area contributed by atoms with E-state index in [4.69, 9.17) is 9.47 Å². The summed E-state index contributed by atoms with van der Waals surface area (Å²) in [6, 6.07) is 5.58. The Bertz CT molecular complexity index is 463. The van der Waals surface area contributed by atoms with Gasteiger partial charge in [0, 0.05) is 16.6 Å². The highest BCUT2D eigenvalue weighted by atomic mass is 79.9. The predicted octanol–water partition coefficient (Wildman–Crippen LogP) is 3.53. The molecule has 0 fully saturated rings. The van der Waals surface area contributed by atoms with Crippen molar-refractivity contribution in [2.24, 2.45) is 5.92 Å². The topological polar surface area (TPSA) is 47.6 Å². The number of methoxy groups -OCH3 is 1. The molecule has 0 spiro atoms. The van der Waals surface area contributed by atoms with Gasteiger partial charge in [-0.05, 0) is 30.5 Å². The van der Waals surface area contributed by atoms with Crippen LogP contribution in [0.5, 0.6) is 5.75 Å². The number of carbonyl (C=O) groups excluding carboxylic acids is 1. The van der Waals surface area contributed by atoms with Crippen LogP contribution in [-0.2, 0) is 16.1 Å². The molecule has 118 valence electrons. The summed E-state index contributed by atoms with van der Waals surface area (Å²) in [5.41, 5.74) is 1.02. The van der Waals surface area contributed by atoms with Gasteiger partial charge in [0.2, 0.25) is 0 Å². The number of rotatable bonds is 8. The van der Waals surface area contributed by atoms with E-state index in [0.29, 0.717) is 13.2 Å². The van der Waals surface area contributed by atoms with Crippen LogP contribution in [0, 0.1) is 5.92 Å². The Morgan fingerprint density at radius 2 is 2.10 bits per heavy atom. The average molecular weight is 358 g/mol. The molecule has 0 heterocycles. The van der Waals surface area contributed by atoms with Crippen LogP contribution in [0.25, 0.3) is 0 Å². The highest BCUT2D eigenvalue weighted by Crippen LogP contribution is 2.23. The van der Waals surface area contributed by atoms with E-state index < -0.39 is 0 Å². The van der Waals surface area contributed by atoms with Gasteiger partial charge in [-0.3, -0.25) is 10.1 Å². The van der Waals surface area contributed by atoms with E-state index in [1.54, 1.807) is 0 Å². The molecule has 0 saturated heterocycles. The molecule has 0 saturated carbocycles. The van der Waals surface area contributed by atoms with Crippen molar-refractivity contribution in [2.75, 3.05) is 13.7 Å². The number of carbonyl (C=O) groups is 1. The average Bonchev–Trinajstić information content (AvgIpc) is 2.45. The second-order valence-electron chi connectivity index (χ2n) is 5.23. The normalized spacial score (nSPS) is 12.3. The first-order valence-corrected chi connectivity index (χ1v) is 8.01. The first-order valence-electron chi connectivity index (χ1n) is 7.22. The number of halogens is 1. The summed E-state index contributed by atoms with van der Waals surface area (Å²) >= 11 is 3.47. The fourth-order valence-electron chi connectivity index (χ4n) is 1.98. The monoisotopic (exact) mass is 357 g/mol. The molecular formula is C16H24BrNO3.